The van der Waals surface area contributed by atoms with Crippen LogP contribution in [0.5, 0.6) is 0 Å². The van der Waals surface area contributed by atoms with E-state index in [9.17, 15) is 0 Å². The summed E-state index contributed by atoms with van der Waals surface area (Å²) < 4.78 is 6.91. The van der Waals surface area contributed by atoms with Gasteiger partial charge in [0.2, 0.25) is 0 Å². The van der Waals surface area contributed by atoms with Crippen LogP contribution in [0.15, 0.2) is 23.3 Å². The summed E-state index contributed by atoms with van der Waals surface area (Å²) in [6.07, 6.45) is 19.3. The van der Waals surface area contributed by atoms with E-state index in [0.717, 1.165) is 23.7 Å². The highest BCUT2D eigenvalue weighted by atomic mass is 28.4. The Morgan fingerprint density at radius 2 is 1.76 bits per heavy atom. The molecule has 4 rings (SSSR count). The highest BCUT2D eigenvalue weighted by Gasteiger charge is 2.57. The molecular weight excluding hydrogens is 416 g/mol. The second-order valence-electron chi connectivity index (χ2n) is 14.5. The molecule has 0 heterocycles. The van der Waals surface area contributed by atoms with Crippen LogP contribution in [0.4, 0.5) is 0 Å². The lowest BCUT2D eigenvalue weighted by atomic mass is 9.50. The van der Waals surface area contributed by atoms with Gasteiger partial charge < -0.3 is 4.43 Å². The summed E-state index contributed by atoms with van der Waals surface area (Å²) in [5.74, 6) is 3.45. The van der Waals surface area contributed by atoms with E-state index < -0.39 is 8.32 Å². The van der Waals surface area contributed by atoms with Gasteiger partial charge in [0.25, 0.3) is 0 Å². The molecule has 4 aliphatic rings. The van der Waals surface area contributed by atoms with Crippen LogP contribution in [0, 0.1) is 34.5 Å². The molecule has 0 aromatic carbocycles. The average molecular weight is 471 g/mol. The first-order valence-corrected chi connectivity index (χ1v) is 17.3. The van der Waals surface area contributed by atoms with Crippen LogP contribution in [0.3, 0.4) is 0 Å². The van der Waals surface area contributed by atoms with Crippen molar-refractivity contribution in [2.45, 2.75) is 137 Å². The minimum Gasteiger partial charge on any atom is -0.414 e. The largest absolute Gasteiger partial charge is 0.414 e. The van der Waals surface area contributed by atoms with Crippen molar-refractivity contribution in [3.63, 3.8) is 0 Å². The Morgan fingerprint density at radius 1 is 1.03 bits per heavy atom. The molecule has 188 valence electrons. The topological polar surface area (TPSA) is 9.23 Å². The molecule has 0 spiro atoms. The zero-order valence-electron chi connectivity index (χ0n) is 23.5. The molecule has 4 aliphatic carbocycles. The van der Waals surface area contributed by atoms with Gasteiger partial charge in [0.15, 0.2) is 8.32 Å². The summed E-state index contributed by atoms with van der Waals surface area (Å²) in [6.45, 7) is 22.2. The van der Waals surface area contributed by atoms with Gasteiger partial charge in [0, 0.05) is 6.10 Å². The van der Waals surface area contributed by atoms with Crippen LogP contribution in [0.2, 0.25) is 18.1 Å². The average Bonchev–Trinajstić information content (AvgIpc) is 3.08. The minimum atomic E-state index is -1.71. The molecule has 0 bridgehead atoms. The van der Waals surface area contributed by atoms with Crippen molar-refractivity contribution >= 4 is 8.32 Å². The maximum absolute atomic E-state index is 6.91. The number of fused-ring (bicyclic) bond motifs is 5. The maximum Gasteiger partial charge on any atom is 0.192 e. The fourth-order valence-electron chi connectivity index (χ4n) is 8.37. The number of allylic oxidation sites excluding steroid dienone is 3. The molecule has 7 atom stereocenters. The van der Waals surface area contributed by atoms with Crippen molar-refractivity contribution in [2.24, 2.45) is 34.5 Å². The van der Waals surface area contributed by atoms with E-state index in [1.165, 1.54) is 64.2 Å². The molecular formula is C31H54OSi. The monoisotopic (exact) mass is 470 g/mol. The lowest BCUT2D eigenvalue weighted by molar-refractivity contribution is 0.0343. The van der Waals surface area contributed by atoms with Crippen LogP contribution < -0.4 is 0 Å². The van der Waals surface area contributed by atoms with Crippen LogP contribution in [0.1, 0.15) is 113 Å². The van der Waals surface area contributed by atoms with Gasteiger partial charge in [0.1, 0.15) is 0 Å². The quantitative estimate of drug-likeness (QED) is 0.351. The van der Waals surface area contributed by atoms with Gasteiger partial charge in [-0.1, -0.05) is 91.0 Å². The van der Waals surface area contributed by atoms with Crippen LogP contribution >= 0.6 is 0 Å². The Kier molecular flexibility index (Phi) is 6.98. The Balaban J connectivity index is 1.53. The third kappa shape index (κ3) is 4.39. The normalized spacial score (nSPS) is 39.8. The summed E-state index contributed by atoms with van der Waals surface area (Å²) in [7, 11) is -1.71. The van der Waals surface area contributed by atoms with Crippen molar-refractivity contribution in [2.75, 3.05) is 0 Å². The first-order valence-electron chi connectivity index (χ1n) is 14.4. The van der Waals surface area contributed by atoms with Gasteiger partial charge in [-0.2, -0.15) is 0 Å². The summed E-state index contributed by atoms with van der Waals surface area (Å²) in [6, 6.07) is 0. The summed E-state index contributed by atoms with van der Waals surface area (Å²) in [5.41, 5.74) is 4.48. The standard InChI is InChI=1S/C31H54OSi/c1-10-11-12-22(2)26-15-16-27-25-14-13-23-21-24(32-33(8,9)29(3,4)5)17-19-30(23,6)28(25)18-20-31(26,27)7/h13-14,22,24,26-28H,10-12,15-21H2,1-9H3/t22-,24+,26?,27?,28?,30+,31-/m1/s1. The van der Waals surface area contributed by atoms with E-state index in [0.29, 0.717) is 22.0 Å². The van der Waals surface area contributed by atoms with Crippen LogP contribution in [-0.2, 0) is 4.43 Å². The molecule has 3 saturated carbocycles. The van der Waals surface area contributed by atoms with Crippen LogP contribution in [0.25, 0.3) is 0 Å². The van der Waals surface area contributed by atoms with Crippen molar-refractivity contribution in [3.05, 3.63) is 23.3 Å². The molecule has 0 aliphatic heterocycles. The predicted molar refractivity (Wildman–Crippen MR) is 146 cm³/mol. The predicted octanol–water partition coefficient (Wildman–Crippen LogP) is 9.70. The molecule has 0 N–H and O–H groups in total. The molecule has 3 fully saturated rings. The van der Waals surface area contributed by atoms with Gasteiger partial charge in [-0.25, -0.2) is 0 Å². The fraction of sp³-hybridized carbons (Fsp3) is 0.871. The Bertz CT molecular complexity index is 785. The van der Waals surface area contributed by atoms with Gasteiger partial charge in [-0.15, -0.1) is 0 Å². The third-order valence-corrected chi connectivity index (χ3v) is 16.1. The zero-order chi connectivity index (χ0) is 24.2. The Morgan fingerprint density at radius 3 is 2.42 bits per heavy atom. The molecule has 2 heteroatoms. The van der Waals surface area contributed by atoms with Gasteiger partial charge >= 0.3 is 0 Å². The molecule has 0 aromatic heterocycles. The van der Waals surface area contributed by atoms with E-state index in [4.69, 9.17) is 4.43 Å². The third-order valence-electron chi connectivity index (χ3n) is 11.6. The molecule has 0 aromatic rings. The van der Waals surface area contributed by atoms with Crippen molar-refractivity contribution in [3.8, 4) is 0 Å². The fourth-order valence-corrected chi connectivity index (χ4v) is 9.75. The highest BCUT2D eigenvalue weighted by molar-refractivity contribution is 6.74. The van der Waals surface area contributed by atoms with Crippen molar-refractivity contribution in [1.82, 2.24) is 0 Å². The van der Waals surface area contributed by atoms with E-state index in [-0.39, 0.29) is 0 Å². The second kappa shape index (κ2) is 8.95. The lowest BCUT2D eigenvalue weighted by Gasteiger charge is -2.56. The van der Waals surface area contributed by atoms with Crippen molar-refractivity contribution < 1.29 is 4.43 Å². The van der Waals surface area contributed by atoms with Crippen molar-refractivity contribution in [1.29, 1.82) is 0 Å². The maximum atomic E-state index is 6.91. The number of hydrogen-bond donors (Lipinski definition) is 0. The molecule has 0 amide bonds. The molecule has 1 nitrogen and oxygen atoms in total. The first-order chi connectivity index (χ1) is 15.3. The SMILES string of the molecule is CCCC[C@@H](C)C1CCC2C3=CC=C4C[C@@H](O[Si](C)(C)C(C)(C)C)CC[C@]4(C)C3CC[C@@]21C. The Labute approximate surface area is 207 Å². The minimum absolute atomic E-state index is 0.295. The second-order valence-corrected chi connectivity index (χ2v) is 19.2. The van der Waals surface area contributed by atoms with E-state index >= 15 is 0 Å². The smallest absolute Gasteiger partial charge is 0.192 e. The van der Waals surface area contributed by atoms with Crippen LogP contribution in [-0.4, -0.2) is 14.4 Å². The van der Waals surface area contributed by atoms with E-state index in [1.54, 1.807) is 5.57 Å². The van der Waals surface area contributed by atoms with Gasteiger partial charge in [-0.3, -0.25) is 0 Å². The first kappa shape index (κ1) is 25.7. The highest BCUT2D eigenvalue weighted by Crippen LogP contribution is 2.66. The van der Waals surface area contributed by atoms with E-state index in [2.05, 4.69) is 73.7 Å². The number of unbranched alkanes of at least 4 members (excludes halogenated alkanes) is 1. The summed E-state index contributed by atoms with van der Waals surface area (Å²) in [5, 5.41) is 0.295. The van der Waals surface area contributed by atoms with E-state index in [1.807, 2.05) is 5.57 Å². The summed E-state index contributed by atoms with van der Waals surface area (Å²) in [4.78, 5) is 0. The molecule has 0 radical (unpaired) electrons. The molecule has 3 unspecified atom stereocenters. The zero-order valence-corrected chi connectivity index (χ0v) is 24.5. The molecule has 33 heavy (non-hydrogen) atoms. The van der Waals surface area contributed by atoms with Gasteiger partial charge in [-0.05, 0) is 97.6 Å². The number of rotatable bonds is 6. The number of hydrogen-bond acceptors (Lipinski definition) is 1. The summed E-state index contributed by atoms with van der Waals surface area (Å²) >= 11 is 0. The molecule has 0 saturated heterocycles. The Hall–Kier alpha value is -0.343. The lowest BCUT2D eigenvalue weighted by Crippen LogP contribution is -2.49. The van der Waals surface area contributed by atoms with Gasteiger partial charge in [0.05, 0.1) is 0 Å².